The molecule has 0 radical (unpaired) electrons. The lowest BCUT2D eigenvalue weighted by Gasteiger charge is -2.55. The van der Waals surface area contributed by atoms with E-state index in [0.29, 0.717) is 51.7 Å². The number of quaternary nitrogens is 1. The van der Waals surface area contributed by atoms with Crippen molar-refractivity contribution in [3.05, 3.63) is 114 Å². The summed E-state index contributed by atoms with van der Waals surface area (Å²) in [6, 6.07) is 16.4. The number of benzene rings is 2. The minimum atomic E-state index is -1.30. The number of pyridine rings is 1. The van der Waals surface area contributed by atoms with Gasteiger partial charge in [-0.15, -0.1) is 11.3 Å². The lowest BCUT2D eigenvalue weighted by atomic mass is 9.84. The van der Waals surface area contributed by atoms with Gasteiger partial charge in [-0.05, 0) is 48.2 Å². The number of ether oxygens (including phenoxy) is 3. The van der Waals surface area contributed by atoms with Gasteiger partial charge >= 0.3 is 11.9 Å². The highest BCUT2D eigenvalue weighted by Crippen LogP contribution is 2.41. The minimum Gasteiger partial charge on any atom is -0.633 e. The molecule has 5 heterocycles. The van der Waals surface area contributed by atoms with Crippen LogP contribution >= 0.6 is 34.5 Å². The molecule has 2 aromatic heterocycles. The van der Waals surface area contributed by atoms with E-state index < -0.39 is 29.5 Å². The van der Waals surface area contributed by atoms with Gasteiger partial charge in [-0.25, -0.2) is 9.59 Å². The summed E-state index contributed by atoms with van der Waals surface area (Å²) in [6.07, 6.45) is 3.81. The maximum absolute atomic E-state index is 14.1. The number of aromatic carboxylic acids is 1. The van der Waals surface area contributed by atoms with Gasteiger partial charge < -0.3 is 29.2 Å². The smallest absolute Gasteiger partial charge is 0.346 e. The van der Waals surface area contributed by atoms with E-state index in [1.807, 2.05) is 42.5 Å². The number of esters is 1. The summed E-state index contributed by atoms with van der Waals surface area (Å²) in [5.41, 5.74) is 1.11. The van der Waals surface area contributed by atoms with Gasteiger partial charge in [-0.1, -0.05) is 59.6 Å². The number of methoxy groups -OCH3 is 2. The summed E-state index contributed by atoms with van der Waals surface area (Å²) in [5.74, 6) is -1.07. The number of carboxylic acids is 1. The summed E-state index contributed by atoms with van der Waals surface area (Å²) in [7, 11) is 3.05. The van der Waals surface area contributed by atoms with Crippen LogP contribution in [-0.4, -0.2) is 66.9 Å². The van der Waals surface area contributed by atoms with Crippen LogP contribution in [0.3, 0.4) is 0 Å². The fourth-order valence-electron chi connectivity index (χ4n) is 7.19. The van der Waals surface area contributed by atoms with Crippen molar-refractivity contribution in [2.45, 2.75) is 50.3 Å². The summed E-state index contributed by atoms with van der Waals surface area (Å²) >= 11 is 14.2. The molecule has 7 rings (SSSR count). The van der Waals surface area contributed by atoms with Crippen LogP contribution in [0.25, 0.3) is 0 Å². The Morgan fingerprint density at radius 3 is 2.33 bits per heavy atom. The molecule has 0 saturated carbocycles. The number of fused-ring (bicyclic) bond motifs is 3. The van der Waals surface area contributed by atoms with E-state index in [1.165, 1.54) is 26.6 Å². The van der Waals surface area contributed by atoms with Crippen LogP contribution in [0.2, 0.25) is 10.0 Å². The Kier molecular flexibility index (Phi) is 10.8. The molecular formula is C37H40Cl2N3O8S+. The number of halogens is 2. The first-order chi connectivity index (χ1) is 24.3. The topological polar surface area (TPSA) is 141 Å². The van der Waals surface area contributed by atoms with Crippen LogP contribution in [0.15, 0.2) is 67.0 Å². The largest absolute Gasteiger partial charge is 0.633 e. The Bertz CT molecular complexity index is 1890. The Balaban J connectivity index is 1.35. The molecule has 270 valence electrons. The quantitative estimate of drug-likeness (QED) is 0.0470. The predicted molar refractivity (Wildman–Crippen MR) is 192 cm³/mol. The fourth-order valence-corrected chi connectivity index (χ4v) is 8.80. The number of hydroxylamine groups is 3. The first-order valence-electron chi connectivity index (χ1n) is 16.6. The van der Waals surface area contributed by atoms with E-state index in [4.69, 9.17) is 37.4 Å². The van der Waals surface area contributed by atoms with E-state index in [2.05, 4.69) is 5.32 Å². The first kappa shape index (κ1) is 36.9. The van der Waals surface area contributed by atoms with Crippen LogP contribution in [0, 0.1) is 11.1 Å². The van der Waals surface area contributed by atoms with Crippen LogP contribution in [0.5, 0.6) is 11.5 Å². The Morgan fingerprint density at radius 1 is 1.06 bits per heavy atom. The number of hydrogen-bond acceptors (Lipinski definition) is 9. The highest BCUT2D eigenvalue weighted by Gasteiger charge is 2.46. The molecule has 14 heteroatoms. The normalized spacial score (nSPS) is 21.5. The van der Waals surface area contributed by atoms with E-state index in [9.17, 15) is 25.1 Å². The van der Waals surface area contributed by atoms with Crippen molar-refractivity contribution in [3.63, 3.8) is 0 Å². The molecular weight excluding hydrogens is 717 g/mol. The lowest BCUT2D eigenvalue weighted by Crippen LogP contribution is -2.62. The summed E-state index contributed by atoms with van der Waals surface area (Å²) in [6.45, 7) is 3.24. The SMILES string of the molecule is COc1ccc([C@H](Cc2c(Cl)c[n+](O)cc2Cl)c2cc(CNC(C)(C(=O)O[C@H]3C[N+]4([O-])CCC3CC4)c3ccccc3)sc2C(=O)O)cc1OC. The van der Waals surface area contributed by atoms with Gasteiger partial charge in [-0.3, -0.25) is 10.5 Å². The first-order valence-corrected chi connectivity index (χ1v) is 18.2. The summed E-state index contributed by atoms with van der Waals surface area (Å²) in [5, 5.41) is 37.3. The molecule has 0 spiro atoms. The van der Waals surface area contributed by atoms with Gasteiger partial charge in [0.15, 0.2) is 17.6 Å². The zero-order chi connectivity index (χ0) is 36.5. The number of hydrogen-bond donors (Lipinski definition) is 3. The second-order valence-electron chi connectivity index (χ2n) is 13.3. The molecule has 2 bridgehead atoms. The average Bonchev–Trinajstić information content (AvgIpc) is 3.55. The summed E-state index contributed by atoms with van der Waals surface area (Å²) < 4.78 is 17.6. The van der Waals surface area contributed by atoms with Crippen molar-refractivity contribution in [1.29, 1.82) is 0 Å². The predicted octanol–water partition coefficient (Wildman–Crippen LogP) is 6.32. The molecule has 3 fully saturated rings. The number of aromatic nitrogens is 1. The zero-order valence-corrected chi connectivity index (χ0v) is 30.8. The number of carbonyl (C=O) groups is 2. The van der Waals surface area contributed by atoms with Crippen molar-refractivity contribution < 1.29 is 43.5 Å². The Labute approximate surface area is 310 Å². The average molecular weight is 758 g/mol. The molecule has 1 unspecified atom stereocenters. The maximum Gasteiger partial charge on any atom is 0.346 e. The molecule has 3 N–H and O–H groups in total. The van der Waals surface area contributed by atoms with Crippen molar-refractivity contribution in [1.82, 2.24) is 5.32 Å². The molecule has 11 nitrogen and oxygen atoms in total. The van der Waals surface area contributed by atoms with Crippen LogP contribution in [0.4, 0.5) is 0 Å². The van der Waals surface area contributed by atoms with E-state index in [1.54, 1.807) is 19.1 Å². The van der Waals surface area contributed by atoms with Gasteiger partial charge in [0.05, 0.1) is 27.3 Å². The Hall–Kier alpha value is -3.91. The third-order valence-electron chi connectivity index (χ3n) is 10.2. The van der Waals surface area contributed by atoms with Crippen molar-refractivity contribution >= 4 is 46.5 Å². The monoisotopic (exact) mass is 756 g/mol. The third-order valence-corrected chi connectivity index (χ3v) is 11.9. The second kappa shape index (κ2) is 15.0. The number of piperidine rings is 3. The van der Waals surface area contributed by atoms with Crippen molar-refractivity contribution in [2.75, 3.05) is 33.9 Å². The number of thiophene rings is 1. The van der Waals surface area contributed by atoms with Gasteiger partial charge in [0.25, 0.3) is 0 Å². The third kappa shape index (κ3) is 7.67. The number of carboxylic acid groups (broad SMARTS) is 1. The van der Waals surface area contributed by atoms with Crippen LogP contribution in [-0.2, 0) is 28.0 Å². The second-order valence-corrected chi connectivity index (χ2v) is 15.3. The number of rotatable bonds is 13. The molecule has 4 aromatic rings. The van der Waals surface area contributed by atoms with E-state index in [-0.39, 0.29) is 45.0 Å². The van der Waals surface area contributed by atoms with Crippen molar-refractivity contribution in [3.8, 4) is 11.5 Å². The highest BCUT2D eigenvalue weighted by molar-refractivity contribution is 7.14. The molecule has 2 aromatic carbocycles. The minimum absolute atomic E-state index is 0.104. The van der Waals surface area contributed by atoms with Crippen LogP contribution < -0.4 is 19.5 Å². The van der Waals surface area contributed by atoms with Crippen molar-refractivity contribution in [2.24, 2.45) is 5.92 Å². The summed E-state index contributed by atoms with van der Waals surface area (Å²) in [4.78, 5) is 27.6. The van der Waals surface area contributed by atoms with Gasteiger partial charge in [-0.2, -0.15) is 0 Å². The molecule has 3 aliphatic heterocycles. The molecule has 51 heavy (non-hydrogen) atoms. The zero-order valence-electron chi connectivity index (χ0n) is 28.4. The van der Waals surface area contributed by atoms with E-state index in [0.717, 1.165) is 28.9 Å². The molecule has 0 amide bonds. The molecule has 3 aliphatic rings. The van der Waals surface area contributed by atoms with Crippen LogP contribution in [0.1, 0.15) is 62.5 Å². The molecule has 3 saturated heterocycles. The number of carbonyl (C=O) groups excluding carboxylic acids is 1. The van der Waals surface area contributed by atoms with Gasteiger partial charge in [0.2, 0.25) is 12.4 Å². The number of nitrogens with zero attached hydrogens (tertiary/aromatic N) is 2. The number of nitrogens with one attached hydrogen (secondary N) is 1. The molecule has 0 aliphatic carbocycles. The molecule has 3 atom stereocenters. The lowest BCUT2D eigenvalue weighted by molar-refractivity contribution is -0.904. The van der Waals surface area contributed by atoms with Gasteiger partial charge in [0, 0.05) is 46.4 Å². The standard InChI is InChI=1S/C37H39Cl2N3O8S/c1-37(24-7-5-4-6-8-24,36(45)50-33-21-42(47)13-11-22(33)12-14-42)40-18-25-16-27(34(51-25)35(43)44)26(17-28-29(38)19-41(46)20-30(28)39)23-9-10-31(48-2)32(15-23)49-3/h4-10,15-16,19-20,22,26,33,40H,11-14,17-18,21H2,1-3H3,(H-,43,44,46)/p+1/t22?,26-,33-,37?,42?/m0/s1. The highest BCUT2D eigenvalue weighted by atomic mass is 35.5. The Morgan fingerprint density at radius 2 is 1.73 bits per heavy atom. The van der Waals surface area contributed by atoms with Gasteiger partial charge in [0.1, 0.15) is 27.0 Å². The fraction of sp³-hybridized carbons (Fsp3) is 0.378. The van der Waals surface area contributed by atoms with E-state index >= 15 is 0 Å². The maximum atomic E-state index is 14.1.